The van der Waals surface area contributed by atoms with Crippen molar-refractivity contribution < 1.29 is 14.3 Å². The third kappa shape index (κ3) is 2.80. The molecule has 0 bridgehead atoms. The largest absolute Gasteiger partial charge is 0.476 e. The summed E-state index contributed by atoms with van der Waals surface area (Å²) in [6.07, 6.45) is 3.74. The second-order valence-corrected chi connectivity index (χ2v) is 4.85. The fourth-order valence-corrected chi connectivity index (χ4v) is 2.17. The van der Waals surface area contributed by atoms with Crippen LogP contribution in [-0.4, -0.2) is 39.0 Å². The molecule has 0 unspecified atom stereocenters. The Morgan fingerprint density at radius 3 is 2.95 bits per heavy atom. The molecule has 0 aliphatic heterocycles. The third-order valence-electron chi connectivity index (χ3n) is 3.22. The zero-order valence-corrected chi connectivity index (χ0v) is 11.6. The Hall–Kier alpha value is -1.95. The van der Waals surface area contributed by atoms with E-state index in [4.69, 9.17) is 0 Å². The van der Waals surface area contributed by atoms with Gasteiger partial charge in [-0.1, -0.05) is 13.3 Å². The topological polar surface area (TPSA) is 57.8 Å². The Kier molecular flexibility index (Phi) is 4.34. The number of imidazole rings is 1. The molecular formula is C14H18FN3O2. The van der Waals surface area contributed by atoms with Gasteiger partial charge in [-0.05, 0) is 32.1 Å². The Labute approximate surface area is 116 Å². The van der Waals surface area contributed by atoms with Gasteiger partial charge in [-0.3, -0.25) is 4.40 Å². The molecule has 0 fully saturated rings. The van der Waals surface area contributed by atoms with Gasteiger partial charge >= 0.3 is 5.97 Å². The number of carboxylic acids is 1. The van der Waals surface area contributed by atoms with Crippen LogP contribution in [0.5, 0.6) is 0 Å². The van der Waals surface area contributed by atoms with E-state index in [2.05, 4.69) is 11.9 Å². The van der Waals surface area contributed by atoms with Gasteiger partial charge in [-0.2, -0.15) is 0 Å². The highest BCUT2D eigenvalue weighted by atomic mass is 19.1. The number of hydrogen-bond acceptors (Lipinski definition) is 3. The second kappa shape index (κ2) is 6.00. The van der Waals surface area contributed by atoms with E-state index in [1.54, 1.807) is 12.3 Å². The van der Waals surface area contributed by atoms with Gasteiger partial charge in [-0.15, -0.1) is 0 Å². The van der Waals surface area contributed by atoms with Gasteiger partial charge in [-0.25, -0.2) is 14.2 Å². The number of pyridine rings is 1. The van der Waals surface area contributed by atoms with Gasteiger partial charge in [0.1, 0.15) is 0 Å². The molecule has 5 nitrogen and oxygen atoms in total. The second-order valence-electron chi connectivity index (χ2n) is 4.85. The smallest absolute Gasteiger partial charge is 0.356 e. The van der Waals surface area contributed by atoms with Crippen LogP contribution in [0.3, 0.4) is 0 Å². The molecule has 2 heterocycles. The highest BCUT2D eigenvalue weighted by molar-refractivity contribution is 5.88. The summed E-state index contributed by atoms with van der Waals surface area (Å²) in [4.78, 5) is 17.2. The zero-order chi connectivity index (χ0) is 14.7. The predicted octanol–water partition coefficient (Wildman–Crippen LogP) is 2.40. The predicted molar refractivity (Wildman–Crippen MR) is 73.4 cm³/mol. The van der Waals surface area contributed by atoms with Crippen LogP contribution in [0.25, 0.3) is 5.65 Å². The van der Waals surface area contributed by atoms with Gasteiger partial charge in [0.05, 0.1) is 5.69 Å². The fraction of sp³-hybridized carbons (Fsp3) is 0.429. The molecule has 2 aromatic heterocycles. The first-order valence-electron chi connectivity index (χ1n) is 6.62. The van der Waals surface area contributed by atoms with E-state index in [0.29, 0.717) is 12.2 Å². The first kappa shape index (κ1) is 14.5. The van der Waals surface area contributed by atoms with E-state index < -0.39 is 11.8 Å². The van der Waals surface area contributed by atoms with Crippen molar-refractivity contribution in [2.45, 2.75) is 26.3 Å². The van der Waals surface area contributed by atoms with E-state index in [1.165, 1.54) is 10.5 Å². The summed E-state index contributed by atoms with van der Waals surface area (Å²) in [6, 6.07) is 2.82. The van der Waals surface area contributed by atoms with Gasteiger partial charge < -0.3 is 10.0 Å². The molecule has 108 valence electrons. The number of fused-ring (bicyclic) bond motifs is 1. The molecule has 0 aromatic carbocycles. The molecular weight excluding hydrogens is 261 g/mol. The first-order valence-corrected chi connectivity index (χ1v) is 6.62. The van der Waals surface area contributed by atoms with Crippen LogP contribution in [-0.2, 0) is 6.54 Å². The van der Waals surface area contributed by atoms with Crippen molar-refractivity contribution in [2.75, 3.05) is 13.6 Å². The molecule has 0 radical (unpaired) electrons. The molecule has 0 saturated heterocycles. The van der Waals surface area contributed by atoms with E-state index in [9.17, 15) is 14.3 Å². The summed E-state index contributed by atoms with van der Waals surface area (Å²) >= 11 is 0. The minimum atomic E-state index is -1.13. The number of aromatic carboxylic acids is 1. The molecule has 0 aliphatic carbocycles. The molecule has 20 heavy (non-hydrogen) atoms. The molecule has 0 atom stereocenters. The Morgan fingerprint density at radius 1 is 1.55 bits per heavy atom. The minimum Gasteiger partial charge on any atom is -0.476 e. The van der Waals surface area contributed by atoms with Crippen LogP contribution >= 0.6 is 0 Å². The van der Waals surface area contributed by atoms with Crippen LogP contribution < -0.4 is 0 Å². The molecule has 0 spiro atoms. The van der Waals surface area contributed by atoms with Crippen molar-refractivity contribution >= 4 is 11.6 Å². The van der Waals surface area contributed by atoms with Crippen molar-refractivity contribution in [2.24, 2.45) is 0 Å². The van der Waals surface area contributed by atoms with Crippen molar-refractivity contribution in [3.8, 4) is 0 Å². The molecule has 2 rings (SSSR count). The quantitative estimate of drug-likeness (QED) is 0.882. The van der Waals surface area contributed by atoms with E-state index in [-0.39, 0.29) is 11.3 Å². The molecule has 0 aliphatic rings. The average Bonchev–Trinajstić information content (AvgIpc) is 2.77. The minimum absolute atomic E-state index is 0.0591. The fourth-order valence-electron chi connectivity index (χ4n) is 2.17. The van der Waals surface area contributed by atoms with Gasteiger partial charge in [0.15, 0.2) is 17.2 Å². The Balaban J connectivity index is 2.41. The Morgan fingerprint density at radius 2 is 2.30 bits per heavy atom. The number of rotatable bonds is 6. The number of nitrogens with zero attached hydrogens (tertiary/aromatic N) is 3. The third-order valence-corrected chi connectivity index (χ3v) is 3.22. The van der Waals surface area contributed by atoms with E-state index >= 15 is 0 Å². The number of aromatic nitrogens is 2. The van der Waals surface area contributed by atoms with Crippen molar-refractivity contribution in [1.29, 1.82) is 0 Å². The van der Waals surface area contributed by atoms with Crippen molar-refractivity contribution in [3.63, 3.8) is 0 Å². The number of carbonyl (C=O) groups is 1. The maximum absolute atomic E-state index is 13.7. The van der Waals surface area contributed by atoms with Crippen LogP contribution in [0.4, 0.5) is 4.39 Å². The van der Waals surface area contributed by atoms with Gasteiger partial charge in [0.2, 0.25) is 0 Å². The molecule has 1 N–H and O–H groups in total. The normalized spacial score (nSPS) is 11.4. The number of hydrogen-bond donors (Lipinski definition) is 1. The van der Waals surface area contributed by atoms with Gasteiger partial charge in [0.25, 0.3) is 0 Å². The summed E-state index contributed by atoms with van der Waals surface area (Å²) < 4.78 is 15.2. The van der Waals surface area contributed by atoms with Crippen molar-refractivity contribution in [3.05, 3.63) is 35.5 Å². The maximum atomic E-state index is 13.7. The molecule has 0 saturated carbocycles. The van der Waals surface area contributed by atoms with E-state index in [0.717, 1.165) is 19.4 Å². The summed E-state index contributed by atoms with van der Waals surface area (Å²) in [5.74, 6) is -1.65. The molecule has 2 aromatic rings. The highest BCUT2D eigenvalue weighted by Gasteiger charge is 2.20. The van der Waals surface area contributed by atoms with Crippen LogP contribution in [0.1, 0.15) is 35.9 Å². The lowest BCUT2D eigenvalue weighted by molar-refractivity contribution is 0.0689. The zero-order valence-electron chi connectivity index (χ0n) is 11.6. The average molecular weight is 279 g/mol. The Bertz CT molecular complexity index is 624. The summed E-state index contributed by atoms with van der Waals surface area (Å²) in [6.45, 7) is 3.38. The van der Waals surface area contributed by atoms with E-state index in [1.807, 2.05) is 11.9 Å². The summed E-state index contributed by atoms with van der Waals surface area (Å²) in [5.41, 5.74) is 0.479. The SMILES string of the molecule is CCCCN(C)Cc1c(C(=O)O)nc2c(F)cccn12. The highest BCUT2D eigenvalue weighted by Crippen LogP contribution is 2.17. The van der Waals surface area contributed by atoms with Crippen molar-refractivity contribution in [1.82, 2.24) is 14.3 Å². The lowest BCUT2D eigenvalue weighted by atomic mass is 10.2. The first-order chi connectivity index (χ1) is 9.54. The number of unbranched alkanes of at least 4 members (excludes halogenated alkanes) is 1. The van der Waals surface area contributed by atoms with Crippen LogP contribution in [0.15, 0.2) is 18.3 Å². The van der Waals surface area contributed by atoms with Crippen LogP contribution in [0, 0.1) is 5.82 Å². The molecule has 0 amide bonds. The summed E-state index contributed by atoms with van der Waals surface area (Å²) in [5, 5.41) is 9.23. The standard InChI is InChI=1S/C14H18FN3O2/c1-3-4-7-17(2)9-11-12(14(19)20)16-13-10(15)6-5-8-18(11)13/h5-6,8H,3-4,7,9H2,1-2H3,(H,19,20). The lowest BCUT2D eigenvalue weighted by Crippen LogP contribution is -2.21. The molecule has 6 heteroatoms. The maximum Gasteiger partial charge on any atom is 0.356 e. The monoisotopic (exact) mass is 279 g/mol. The van der Waals surface area contributed by atoms with Crippen LogP contribution in [0.2, 0.25) is 0 Å². The lowest BCUT2D eigenvalue weighted by Gasteiger charge is -2.16. The van der Waals surface area contributed by atoms with Gasteiger partial charge in [0, 0.05) is 12.7 Å². The summed E-state index contributed by atoms with van der Waals surface area (Å²) in [7, 11) is 1.92. The number of carboxylic acid groups (broad SMARTS) is 1. The number of halogens is 1.